The van der Waals surface area contributed by atoms with Crippen LogP contribution < -0.4 is 0 Å². The summed E-state index contributed by atoms with van der Waals surface area (Å²) in [7, 11) is 0. The maximum atomic E-state index is 8.63. The maximum Gasteiger partial charge on any atom is 0.242 e. The maximum absolute atomic E-state index is 8.63. The highest BCUT2D eigenvalue weighted by Gasteiger charge is 2.20. The molecule has 1 rings (SSSR count). The van der Waals surface area contributed by atoms with E-state index in [1.807, 2.05) is 0 Å². The van der Waals surface area contributed by atoms with Crippen LogP contribution in [0.5, 0.6) is 0 Å². The van der Waals surface area contributed by atoms with Crippen LogP contribution in [0.3, 0.4) is 0 Å². The summed E-state index contributed by atoms with van der Waals surface area (Å²) < 4.78 is 0. The fourth-order valence-electron chi connectivity index (χ4n) is 1.11. The van der Waals surface area contributed by atoms with Crippen molar-refractivity contribution in [3.63, 3.8) is 0 Å². The lowest BCUT2D eigenvalue weighted by atomic mass is 9.96. The second kappa shape index (κ2) is 5.06. The van der Waals surface area contributed by atoms with Gasteiger partial charge in [0.1, 0.15) is 0 Å². The van der Waals surface area contributed by atoms with Gasteiger partial charge in [0.2, 0.25) is 11.8 Å². The van der Waals surface area contributed by atoms with Crippen molar-refractivity contribution in [1.29, 1.82) is 21.0 Å². The van der Waals surface area contributed by atoms with Gasteiger partial charge in [0.05, 0.1) is 12.1 Å². The third kappa shape index (κ3) is 2.10. The zero-order valence-corrected chi connectivity index (χ0v) is 8.10. The van der Waals surface area contributed by atoms with Gasteiger partial charge >= 0.3 is 0 Å². The summed E-state index contributed by atoms with van der Waals surface area (Å²) in [5.74, 6) is 0.00373. The molecule has 0 spiro atoms. The van der Waals surface area contributed by atoms with Gasteiger partial charge < -0.3 is 0 Å². The normalized spacial score (nSPS) is 8.31. The van der Waals surface area contributed by atoms with Crippen molar-refractivity contribution in [1.82, 2.24) is 0 Å². The van der Waals surface area contributed by atoms with Crippen LogP contribution in [0.25, 0.3) is 0 Å². The van der Waals surface area contributed by atoms with E-state index in [0.29, 0.717) is 11.1 Å². The van der Waals surface area contributed by atoms with Gasteiger partial charge in [0.15, 0.2) is 17.7 Å². The van der Waals surface area contributed by atoms with Gasteiger partial charge in [-0.15, -0.1) is 0 Å². The lowest BCUT2D eigenvalue weighted by Gasteiger charge is -1.96. The van der Waals surface area contributed by atoms with Crippen LogP contribution in [0.15, 0.2) is 24.3 Å². The van der Waals surface area contributed by atoms with Crippen molar-refractivity contribution in [2.75, 3.05) is 0 Å². The average Bonchev–Trinajstić information content (AvgIpc) is 2.34. The second-order valence-electron chi connectivity index (χ2n) is 2.77. The topological polar surface area (TPSA) is 95.2 Å². The predicted molar refractivity (Wildman–Crippen MR) is 53.6 cm³/mol. The van der Waals surface area contributed by atoms with Gasteiger partial charge in [0, 0.05) is 29.8 Å². The molecule has 4 heteroatoms. The van der Waals surface area contributed by atoms with E-state index < -0.39 is 0 Å². The number of nitriles is 4. The molecule has 0 aromatic heterocycles. The molecule has 0 heterocycles. The molecule has 0 aliphatic rings. The van der Waals surface area contributed by atoms with Crippen molar-refractivity contribution in [2.24, 2.45) is 0 Å². The number of hydrogen-bond donors (Lipinski definition) is 0. The molecule has 0 N–H and O–H groups in total. The molecule has 0 amide bonds. The molecule has 0 saturated carbocycles. The lowest BCUT2D eigenvalue weighted by molar-refractivity contribution is 1.29. The summed E-state index contributed by atoms with van der Waals surface area (Å²) in [5.41, 5.74) is 0.952. The molecule has 1 radical (unpaired) electrons. The third-order valence-electron chi connectivity index (χ3n) is 1.91. The molecule has 0 fully saturated rings. The Bertz CT molecular complexity index is 452. The van der Waals surface area contributed by atoms with Crippen molar-refractivity contribution in [2.45, 2.75) is 0 Å². The first-order chi connectivity index (χ1) is 7.76. The molecule has 1 aromatic carbocycles. The molecule has 0 aliphatic heterocycles. The first-order valence-electron chi connectivity index (χ1n) is 4.22. The minimum atomic E-state index is 0.00187. The summed E-state index contributed by atoms with van der Waals surface area (Å²) >= 11 is 0. The molecule has 0 aliphatic carbocycles. The molecule has 0 saturated heterocycles. The highest BCUT2D eigenvalue weighted by Crippen LogP contribution is 2.18. The first kappa shape index (κ1) is 11.1. The minimum Gasteiger partial charge on any atom is -0.196 e. The Labute approximate surface area is 93.2 Å². The fraction of sp³-hybridized carbons (Fsp3) is 0. The van der Waals surface area contributed by atoms with Gasteiger partial charge in [-0.05, 0) is 0 Å². The van der Waals surface area contributed by atoms with Crippen molar-refractivity contribution >= 4 is 0 Å². The standard InChI is InChI=1S/C12H4N4/c13-5-11(6-14)9-1-2-10(4-3-9)12(7-15)8-16/h1-4H/q+1. The second-order valence-corrected chi connectivity index (χ2v) is 2.77. The Hall–Kier alpha value is -2.95. The summed E-state index contributed by atoms with van der Waals surface area (Å²) in [6.07, 6.45) is 0. The van der Waals surface area contributed by atoms with Crippen LogP contribution in [0.1, 0.15) is 11.1 Å². The monoisotopic (exact) mass is 204 g/mol. The van der Waals surface area contributed by atoms with E-state index in [1.165, 1.54) is 24.3 Å². The Morgan fingerprint density at radius 3 is 1.75 bits per heavy atom. The first-order valence-corrected chi connectivity index (χ1v) is 4.22. The molecule has 1 aromatic rings. The highest BCUT2D eigenvalue weighted by atomic mass is 14.3. The Morgan fingerprint density at radius 2 is 1.38 bits per heavy atom. The Kier molecular flexibility index (Phi) is 3.52. The summed E-state index contributed by atoms with van der Waals surface area (Å²) in [4.78, 5) is 0. The number of benzene rings is 1. The summed E-state index contributed by atoms with van der Waals surface area (Å²) in [5, 5.41) is 34.5. The number of rotatable bonds is 2. The zero-order valence-electron chi connectivity index (χ0n) is 8.10. The van der Waals surface area contributed by atoms with Gasteiger partial charge in [-0.2, -0.15) is 21.0 Å². The van der Waals surface area contributed by atoms with E-state index in [9.17, 15) is 0 Å². The average molecular weight is 204 g/mol. The zero-order chi connectivity index (χ0) is 12.0. The van der Waals surface area contributed by atoms with Crippen LogP contribution in [-0.2, 0) is 0 Å². The van der Waals surface area contributed by atoms with Gasteiger partial charge in [-0.25, -0.2) is 0 Å². The minimum absolute atomic E-state index is 0.00187. The molecule has 0 bridgehead atoms. The lowest BCUT2D eigenvalue weighted by Crippen LogP contribution is -1.96. The molecule has 4 nitrogen and oxygen atoms in total. The Balaban J connectivity index is 3.03. The summed E-state index contributed by atoms with van der Waals surface area (Å²) in [6.45, 7) is 0. The van der Waals surface area contributed by atoms with Gasteiger partial charge in [-0.1, -0.05) is 0 Å². The van der Waals surface area contributed by atoms with Gasteiger partial charge in [0.25, 0.3) is 0 Å². The van der Waals surface area contributed by atoms with Gasteiger partial charge in [-0.3, -0.25) is 0 Å². The van der Waals surface area contributed by atoms with Crippen LogP contribution in [0, 0.1) is 57.2 Å². The van der Waals surface area contributed by atoms with Crippen LogP contribution in [0.4, 0.5) is 0 Å². The van der Waals surface area contributed by atoms with Crippen LogP contribution >= 0.6 is 0 Å². The van der Waals surface area contributed by atoms with E-state index in [2.05, 4.69) is 0 Å². The van der Waals surface area contributed by atoms with Crippen molar-refractivity contribution in [3.8, 4) is 24.3 Å². The SMILES string of the molecule is N#C[C](C#N)c1ccc([C+](C#N)C#N)cc1. The predicted octanol–water partition coefficient (Wildman–Crippen LogP) is 1.63. The van der Waals surface area contributed by atoms with Crippen molar-refractivity contribution < 1.29 is 0 Å². The smallest absolute Gasteiger partial charge is 0.196 e. The molecule has 0 atom stereocenters. The van der Waals surface area contributed by atoms with Crippen LogP contribution in [-0.4, -0.2) is 0 Å². The van der Waals surface area contributed by atoms with E-state index in [1.54, 1.807) is 24.3 Å². The summed E-state index contributed by atoms with van der Waals surface area (Å²) in [6, 6.07) is 13.2. The molecular formula is C12H4N4+. The molecular weight excluding hydrogens is 200 g/mol. The molecule has 0 unspecified atom stereocenters. The van der Waals surface area contributed by atoms with Crippen molar-refractivity contribution in [3.05, 3.63) is 47.2 Å². The largest absolute Gasteiger partial charge is 0.242 e. The number of hydrogen-bond acceptors (Lipinski definition) is 4. The highest BCUT2D eigenvalue weighted by molar-refractivity contribution is 5.53. The number of nitrogens with zero attached hydrogens (tertiary/aromatic N) is 4. The van der Waals surface area contributed by atoms with E-state index >= 15 is 0 Å². The van der Waals surface area contributed by atoms with E-state index in [-0.39, 0.29) is 11.8 Å². The van der Waals surface area contributed by atoms with Crippen LogP contribution in [0.2, 0.25) is 0 Å². The molecule has 71 valence electrons. The third-order valence-corrected chi connectivity index (χ3v) is 1.91. The quantitative estimate of drug-likeness (QED) is 0.684. The molecule has 16 heavy (non-hydrogen) atoms. The Morgan fingerprint density at radius 1 is 0.875 bits per heavy atom. The van der Waals surface area contributed by atoms with E-state index in [0.717, 1.165) is 0 Å². The van der Waals surface area contributed by atoms with E-state index in [4.69, 9.17) is 21.0 Å². The fourth-order valence-corrected chi connectivity index (χ4v) is 1.11.